The lowest BCUT2D eigenvalue weighted by Gasteiger charge is -2.18. The molecule has 0 aliphatic rings. The number of benzene rings is 2. The molecule has 5 nitrogen and oxygen atoms in total. The number of nitrogens with one attached hydrogen (secondary N) is 1. The van der Waals surface area contributed by atoms with Crippen molar-refractivity contribution in [1.82, 2.24) is 5.32 Å². The van der Waals surface area contributed by atoms with Crippen LogP contribution in [0.3, 0.4) is 0 Å². The highest BCUT2D eigenvalue weighted by Gasteiger charge is 2.30. The molecule has 0 bridgehead atoms. The molecular formula is C23H24FNO4S2. The van der Waals surface area contributed by atoms with Crippen LogP contribution in [0.4, 0.5) is 4.39 Å². The van der Waals surface area contributed by atoms with Gasteiger partial charge in [-0.1, -0.05) is 18.2 Å². The van der Waals surface area contributed by atoms with Gasteiger partial charge in [0.15, 0.2) is 9.84 Å². The fourth-order valence-corrected chi connectivity index (χ4v) is 6.01. The molecule has 3 rings (SSSR count). The maximum atomic E-state index is 13.6. The number of sulfone groups is 1. The van der Waals surface area contributed by atoms with Crippen molar-refractivity contribution >= 4 is 27.1 Å². The zero-order valence-electron chi connectivity index (χ0n) is 17.3. The third kappa shape index (κ3) is 5.71. The summed E-state index contributed by atoms with van der Waals surface area (Å²) in [5, 5.41) is 3.60. The molecular weight excluding hydrogens is 437 g/mol. The lowest BCUT2D eigenvalue weighted by Crippen LogP contribution is -2.31. The number of rotatable bonds is 9. The highest BCUT2D eigenvalue weighted by atomic mass is 32.2. The average Bonchev–Trinajstić information content (AvgIpc) is 3.28. The number of methoxy groups -OCH3 is 1. The van der Waals surface area contributed by atoms with E-state index < -0.39 is 20.9 Å². The van der Waals surface area contributed by atoms with E-state index in [4.69, 9.17) is 4.74 Å². The topological polar surface area (TPSA) is 72.5 Å². The van der Waals surface area contributed by atoms with Gasteiger partial charge >= 0.3 is 0 Å². The van der Waals surface area contributed by atoms with Gasteiger partial charge in [-0.2, -0.15) is 0 Å². The number of halogens is 1. The number of ether oxygens (including phenoxy) is 1. The smallest absolute Gasteiger partial charge is 0.220 e. The van der Waals surface area contributed by atoms with Gasteiger partial charge in [0.2, 0.25) is 5.91 Å². The van der Waals surface area contributed by atoms with Gasteiger partial charge in [0.05, 0.1) is 12.0 Å². The van der Waals surface area contributed by atoms with Crippen molar-refractivity contribution in [3.8, 4) is 5.75 Å². The summed E-state index contributed by atoms with van der Waals surface area (Å²) in [6, 6.07) is 14.7. The molecule has 8 heteroatoms. The van der Waals surface area contributed by atoms with E-state index in [2.05, 4.69) is 5.32 Å². The first-order valence-corrected chi connectivity index (χ1v) is 12.2. The molecule has 0 saturated heterocycles. The van der Waals surface area contributed by atoms with Gasteiger partial charge in [0, 0.05) is 17.8 Å². The average molecular weight is 462 g/mol. The molecule has 31 heavy (non-hydrogen) atoms. The van der Waals surface area contributed by atoms with Crippen LogP contribution >= 0.6 is 11.3 Å². The second-order valence-corrected chi connectivity index (χ2v) is 10.2. The van der Waals surface area contributed by atoms with Crippen molar-refractivity contribution in [3.05, 3.63) is 81.8 Å². The van der Waals surface area contributed by atoms with Gasteiger partial charge in [0.1, 0.15) is 16.8 Å². The standard InChI is InChI=1S/C23H24FNO4S2/c1-16-14-19(10-11-20(16)24)31(27,28)22(21-4-3-13-30-21)15-25-23(26)12-7-17-5-8-18(29-2)9-6-17/h3-6,8-11,13-14,22H,7,12,15H2,1-2H3,(H,25,26). The number of hydrogen-bond acceptors (Lipinski definition) is 5. The van der Waals surface area contributed by atoms with E-state index in [1.165, 1.54) is 30.4 Å². The Morgan fingerprint density at radius 1 is 1.16 bits per heavy atom. The van der Waals surface area contributed by atoms with Crippen LogP contribution in [0.2, 0.25) is 0 Å². The highest BCUT2D eigenvalue weighted by Crippen LogP contribution is 2.32. The SMILES string of the molecule is COc1ccc(CCC(=O)NCC(c2cccs2)S(=O)(=O)c2ccc(F)c(C)c2)cc1. The summed E-state index contributed by atoms with van der Waals surface area (Å²) < 4.78 is 45.3. The molecule has 2 aromatic carbocycles. The molecule has 1 amide bonds. The molecule has 0 spiro atoms. The molecule has 1 aromatic heterocycles. The van der Waals surface area contributed by atoms with Crippen molar-refractivity contribution in [2.45, 2.75) is 29.9 Å². The van der Waals surface area contributed by atoms with E-state index in [1.54, 1.807) is 24.6 Å². The van der Waals surface area contributed by atoms with Crippen LogP contribution in [0.15, 0.2) is 64.9 Å². The van der Waals surface area contributed by atoms with Gasteiger partial charge in [-0.15, -0.1) is 11.3 Å². The van der Waals surface area contributed by atoms with Crippen LogP contribution in [0.1, 0.15) is 27.7 Å². The Kier molecular flexibility index (Phi) is 7.46. The van der Waals surface area contributed by atoms with Gasteiger partial charge in [-0.3, -0.25) is 4.79 Å². The monoisotopic (exact) mass is 461 g/mol. The van der Waals surface area contributed by atoms with E-state index in [9.17, 15) is 17.6 Å². The first kappa shape index (κ1) is 23.0. The van der Waals surface area contributed by atoms with Crippen molar-refractivity contribution in [2.24, 2.45) is 0 Å². The van der Waals surface area contributed by atoms with Crippen molar-refractivity contribution in [1.29, 1.82) is 0 Å². The Balaban J connectivity index is 1.70. The first-order chi connectivity index (χ1) is 14.8. The first-order valence-electron chi connectivity index (χ1n) is 9.74. The number of carbonyl (C=O) groups is 1. The third-order valence-corrected chi connectivity index (χ3v) is 8.19. The normalized spacial score (nSPS) is 12.4. The molecule has 1 atom stereocenters. The van der Waals surface area contributed by atoms with E-state index in [0.29, 0.717) is 11.3 Å². The lowest BCUT2D eigenvalue weighted by molar-refractivity contribution is -0.121. The molecule has 1 unspecified atom stereocenters. The highest BCUT2D eigenvalue weighted by molar-refractivity contribution is 7.91. The van der Waals surface area contributed by atoms with Crippen LogP contribution in [0.5, 0.6) is 5.75 Å². The van der Waals surface area contributed by atoms with Crippen molar-refractivity contribution in [3.63, 3.8) is 0 Å². The van der Waals surface area contributed by atoms with E-state index in [0.717, 1.165) is 17.4 Å². The predicted octanol–water partition coefficient (Wildman–Crippen LogP) is 4.47. The number of amides is 1. The third-order valence-electron chi connectivity index (χ3n) is 4.98. The van der Waals surface area contributed by atoms with Crippen LogP contribution in [-0.4, -0.2) is 28.0 Å². The maximum Gasteiger partial charge on any atom is 0.220 e. The molecule has 0 radical (unpaired) electrons. The van der Waals surface area contributed by atoms with Crippen LogP contribution in [0, 0.1) is 12.7 Å². The summed E-state index contributed by atoms with van der Waals surface area (Å²) in [5.74, 6) is 0.0505. The number of aryl methyl sites for hydroxylation is 2. The zero-order valence-corrected chi connectivity index (χ0v) is 18.9. The zero-order chi connectivity index (χ0) is 22.4. The van der Waals surface area contributed by atoms with E-state index >= 15 is 0 Å². The van der Waals surface area contributed by atoms with Gasteiger partial charge in [-0.05, 0) is 66.2 Å². The van der Waals surface area contributed by atoms with Crippen LogP contribution in [-0.2, 0) is 21.1 Å². The quantitative estimate of drug-likeness (QED) is 0.477. The molecule has 3 aromatic rings. The van der Waals surface area contributed by atoms with Crippen LogP contribution < -0.4 is 10.1 Å². The fraction of sp³-hybridized carbons (Fsp3) is 0.261. The van der Waals surface area contributed by atoms with Gasteiger partial charge in [0.25, 0.3) is 0 Å². The maximum absolute atomic E-state index is 13.6. The second kappa shape index (κ2) is 10.1. The Morgan fingerprint density at radius 3 is 2.52 bits per heavy atom. The van der Waals surface area contributed by atoms with Gasteiger partial charge < -0.3 is 10.1 Å². The summed E-state index contributed by atoms with van der Waals surface area (Å²) in [6.45, 7) is 1.47. The Bertz CT molecular complexity index is 1130. The molecule has 1 heterocycles. The summed E-state index contributed by atoms with van der Waals surface area (Å²) in [6.07, 6.45) is 0.766. The minimum atomic E-state index is -3.82. The number of thiophene rings is 1. The van der Waals surface area contributed by atoms with Crippen LogP contribution in [0.25, 0.3) is 0 Å². The molecule has 1 N–H and O–H groups in total. The predicted molar refractivity (Wildman–Crippen MR) is 120 cm³/mol. The number of carbonyl (C=O) groups excluding carboxylic acids is 1. The fourth-order valence-electron chi connectivity index (χ4n) is 3.14. The summed E-state index contributed by atoms with van der Waals surface area (Å²) >= 11 is 1.31. The Labute approximate surface area is 185 Å². The minimum absolute atomic E-state index is 0.0391. The minimum Gasteiger partial charge on any atom is -0.497 e. The second-order valence-electron chi connectivity index (χ2n) is 7.11. The van der Waals surface area contributed by atoms with E-state index in [1.807, 2.05) is 24.3 Å². The summed E-state index contributed by atoms with van der Waals surface area (Å²) in [5.41, 5.74) is 1.25. The lowest BCUT2D eigenvalue weighted by atomic mass is 10.1. The molecule has 164 valence electrons. The molecule has 0 aliphatic heterocycles. The molecule has 0 fully saturated rings. The van der Waals surface area contributed by atoms with E-state index in [-0.39, 0.29) is 29.3 Å². The number of hydrogen-bond donors (Lipinski definition) is 1. The Hall–Kier alpha value is -2.71. The van der Waals surface area contributed by atoms with Crippen molar-refractivity contribution < 1.29 is 22.3 Å². The molecule has 0 aliphatic carbocycles. The molecule has 0 saturated carbocycles. The Morgan fingerprint density at radius 2 is 1.90 bits per heavy atom. The summed E-state index contributed by atoms with van der Waals surface area (Å²) in [7, 11) is -2.23. The largest absolute Gasteiger partial charge is 0.497 e. The summed E-state index contributed by atoms with van der Waals surface area (Å²) in [4.78, 5) is 13.1. The van der Waals surface area contributed by atoms with Gasteiger partial charge in [-0.25, -0.2) is 12.8 Å². The van der Waals surface area contributed by atoms with Crippen molar-refractivity contribution in [2.75, 3.05) is 13.7 Å².